The highest BCUT2D eigenvalue weighted by molar-refractivity contribution is 5.94. The van der Waals surface area contributed by atoms with Crippen LogP contribution in [0.4, 0.5) is 0 Å². The van der Waals surface area contributed by atoms with Crippen LogP contribution >= 0.6 is 0 Å². The molecule has 3 rings (SSSR count). The van der Waals surface area contributed by atoms with Crippen LogP contribution < -0.4 is 5.32 Å². The third kappa shape index (κ3) is 5.16. The maximum atomic E-state index is 12.7. The third-order valence-electron chi connectivity index (χ3n) is 4.65. The smallest absolute Gasteiger partial charge is 0.254 e. The maximum absolute atomic E-state index is 12.7. The van der Waals surface area contributed by atoms with Crippen molar-refractivity contribution in [3.63, 3.8) is 0 Å². The maximum Gasteiger partial charge on any atom is 0.254 e. The summed E-state index contributed by atoms with van der Waals surface area (Å²) in [4.78, 5) is 14.6. The van der Waals surface area contributed by atoms with Crippen molar-refractivity contribution in [2.24, 2.45) is 0 Å². The molecule has 0 radical (unpaired) electrons. The summed E-state index contributed by atoms with van der Waals surface area (Å²) in [5.74, 6) is 0.0640. The van der Waals surface area contributed by atoms with Crippen LogP contribution in [0, 0.1) is 11.3 Å². The molecule has 1 N–H and O–H groups in total. The van der Waals surface area contributed by atoms with Crippen LogP contribution in [0.2, 0.25) is 0 Å². The summed E-state index contributed by atoms with van der Waals surface area (Å²) < 4.78 is 5.70. The van der Waals surface area contributed by atoms with E-state index in [9.17, 15) is 4.79 Å². The fourth-order valence-corrected chi connectivity index (χ4v) is 3.34. The summed E-state index contributed by atoms with van der Waals surface area (Å²) in [6, 6.07) is 17.5. The van der Waals surface area contributed by atoms with Gasteiger partial charge in [0.2, 0.25) is 0 Å². The van der Waals surface area contributed by atoms with Crippen molar-refractivity contribution >= 4 is 5.91 Å². The largest absolute Gasteiger partial charge is 0.372 e. The number of nitriles is 1. The zero-order chi connectivity index (χ0) is 19.2. The number of rotatable bonds is 5. The minimum Gasteiger partial charge on any atom is -0.372 e. The van der Waals surface area contributed by atoms with Crippen molar-refractivity contribution in [1.82, 2.24) is 10.2 Å². The van der Waals surface area contributed by atoms with Crippen molar-refractivity contribution in [2.45, 2.75) is 39.1 Å². The molecule has 5 nitrogen and oxygen atoms in total. The lowest BCUT2D eigenvalue weighted by atomic mass is 10.1. The Kier molecular flexibility index (Phi) is 6.23. The average molecular weight is 363 g/mol. The van der Waals surface area contributed by atoms with E-state index in [2.05, 4.69) is 11.4 Å². The Balaban J connectivity index is 1.52. The molecule has 140 valence electrons. The van der Waals surface area contributed by atoms with E-state index in [1.165, 1.54) is 0 Å². The number of carbonyl (C=O) groups excluding carboxylic acids is 1. The van der Waals surface area contributed by atoms with Crippen LogP contribution in [0.25, 0.3) is 0 Å². The Morgan fingerprint density at radius 2 is 1.56 bits per heavy atom. The zero-order valence-corrected chi connectivity index (χ0v) is 15.8. The molecule has 2 aromatic carbocycles. The average Bonchev–Trinajstić information content (AvgIpc) is 2.68. The third-order valence-corrected chi connectivity index (χ3v) is 4.65. The molecule has 0 unspecified atom stereocenters. The van der Waals surface area contributed by atoms with Gasteiger partial charge in [0.1, 0.15) is 0 Å². The molecule has 1 saturated heterocycles. The Hall–Kier alpha value is -2.68. The van der Waals surface area contributed by atoms with Gasteiger partial charge in [-0.3, -0.25) is 4.79 Å². The zero-order valence-electron chi connectivity index (χ0n) is 15.8. The number of nitrogens with zero attached hydrogens (tertiary/aromatic N) is 2. The molecule has 0 saturated carbocycles. The summed E-state index contributed by atoms with van der Waals surface area (Å²) in [5.41, 5.74) is 3.65. The van der Waals surface area contributed by atoms with Gasteiger partial charge in [-0.05, 0) is 49.2 Å². The predicted molar refractivity (Wildman–Crippen MR) is 104 cm³/mol. The van der Waals surface area contributed by atoms with Gasteiger partial charge in [-0.15, -0.1) is 0 Å². The van der Waals surface area contributed by atoms with Crippen LogP contribution in [-0.2, 0) is 17.8 Å². The Labute approximate surface area is 160 Å². The van der Waals surface area contributed by atoms with Gasteiger partial charge in [-0.25, -0.2) is 0 Å². The molecule has 0 aromatic heterocycles. The fraction of sp³-hybridized carbons (Fsp3) is 0.364. The van der Waals surface area contributed by atoms with Crippen LogP contribution in [-0.4, -0.2) is 36.1 Å². The van der Waals surface area contributed by atoms with E-state index in [1.54, 1.807) is 0 Å². The highest BCUT2D eigenvalue weighted by atomic mass is 16.5. The van der Waals surface area contributed by atoms with Gasteiger partial charge >= 0.3 is 0 Å². The molecule has 2 atom stereocenters. The van der Waals surface area contributed by atoms with Crippen molar-refractivity contribution in [2.75, 3.05) is 13.1 Å². The minimum atomic E-state index is 0.0640. The topological polar surface area (TPSA) is 65.4 Å². The van der Waals surface area contributed by atoms with E-state index in [-0.39, 0.29) is 18.1 Å². The lowest BCUT2D eigenvalue weighted by molar-refractivity contribution is -0.0586. The molecule has 1 heterocycles. The molecule has 1 aliphatic heterocycles. The number of nitrogens with one attached hydrogen (secondary N) is 1. The number of carbonyl (C=O) groups is 1. The van der Waals surface area contributed by atoms with E-state index in [0.29, 0.717) is 24.2 Å². The highest BCUT2D eigenvalue weighted by Gasteiger charge is 2.26. The Morgan fingerprint density at radius 1 is 1.04 bits per heavy atom. The summed E-state index contributed by atoms with van der Waals surface area (Å²) in [7, 11) is 0. The Bertz CT molecular complexity index is 799. The number of hydrogen-bond acceptors (Lipinski definition) is 4. The van der Waals surface area contributed by atoms with Crippen LogP contribution in [0.15, 0.2) is 48.5 Å². The molecule has 0 aliphatic carbocycles. The van der Waals surface area contributed by atoms with Gasteiger partial charge in [0.25, 0.3) is 5.91 Å². The summed E-state index contributed by atoms with van der Waals surface area (Å²) in [6.07, 6.45) is 0.145. The summed E-state index contributed by atoms with van der Waals surface area (Å²) in [5, 5.41) is 12.2. The number of hydrogen-bond donors (Lipinski definition) is 1. The van der Waals surface area contributed by atoms with Crippen LogP contribution in [0.1, 0.15) is 40.9 Å². The second-order valence-electron chi connectivity index (χ2n) is 7.08. The summed E-state index contributed by atoms with van der Waals surface area (Å²) >= 11 is 0. The standard InChI is InChI=1S/C22H25N3O2/c1-16-14-25(15-17(2)27-16)22(26)21-9-7-20(8-10-21)13-24-12-19-5-3-18(11-23)4-6-19/h3-10,16-17,24H,12-15H2,1-2H3/t16-,17-/m0/s1. The van der Waals surface area contributed by atoms with Crippen molar-refractivity contribution < 1.29 is 9.53 Å². The first-order valence-corrected chi connectivity index (χ1v) is 9.28. The van der Waals surface area contributed by atoms with Gasteiger partial charge in [0.15, 0.2) is 0 Å². The van der Waals surface area contributed by atoms with E-state index in [0.717, 1.165) is 24.2 Å². The lowest BCUT2D eigenvalue weighted by Crippen LogP contribution is -2.48. The van der Waals surface area contributed by atoms with Gasteiger partial charge in [0.05, 0.1) is 23.8 Å². The van der Waals surface area contributed by atoms with Crippen LogP contribution in [0.5, 0.6) is 0 Å². The monoisotopic (exact) mass is 363 g/mol. The van der Waals surface area contributed by atoms with E-state index in [1.807, 2.05) is 67.3 Å². The molecular weight excluding hydrogens is 338 g/mol. The molecule has 2 aromatic rings. The molecule has 0 spiro atoms. The molecule has 1 amide bonds. The van der Waals surface area contributed by atoms with E-state index >= 15 is 0 Å². The second-order valence-corrected chi connectivity index (χ2v) is 7.08. The highest BCUT2D eigenvalue weighted by Crippen LogP contribution is 2.15. The van der Waals surface area contributed by atoms with Crippen molar-refractivity contribution in [3.8, 4) is 6.07 Å². The number of morpholine rings is 1. The second kappa shape index (κ2) is 8.81. The van der Waals surface area contributed by atoms with Crippen LogP contribution in [0.3, 0.4) is 0 Å². The number of benzene rings is 2. The van der Waals surface area contributed by atoms with E-state index in [4.69, 9.17) is 10.00 Å². The van der Waals surface area contributed by atoms with Gasteiger partial charge in [-0.2, -0.15) is 5.26 Å². The molecule has 1 fully saturated rings. The first kappa shape index (κ1) is 19.1. The van der Waals surface area contributed by atoms with Crippen molar-refractivity contribution in [1.29, 1.82) is 5.26 Å². The predicted octanol–water partition coefficient (Wildman–Crippen LogP) is 3.10. The minimum absolute atomic E-state index is 0.0640. The molecule has 0 bridgehead atoms. The summed E-state index contributed by atoms with van der Waals surface area (Å²) in [6.45, 7) is 6.72. The van der Waals surface area contributed by atoms with Gasteiger partial charge in [0, 0.05) is 31.7 Å². The molecule has 5 heteroatoms. The Morgan fingerprint density at radius 3 is 2.07 bits per heavy atom. The first-order chi connectivity index (χ1) is 13.0. The fourth-order valence-electron chi connectivity index (χ4n) is 3.34. The SMILES string of the molecule is C[C@H]1CN(C(=O)c2ccc(CNCc3ccc(C#N)cc3)cc2)C[C@H](C)O1. The van der Waals surface area contributed by atoms with Crippen molar-refractivity contribution in [3.05, 3.63) is 70.8 Å². The molecule has 1 aliphatic rings. The first-order valence-electron chi connectivity index (χ1n) is 9.28. The molecule has 27 heavy (non-hydrogen) atoms. The van der Waals surface area contributed by atoms with Gasteiger partial charge in [-0.1, -0.05) is 24.3 Å². The van der Waals surface area contributed by atoms with E-state index < -0.39 is 0 Å². The molecular formula is C22H25N3O2. The number of ether oxygens (including phenoxy) is 1. The van der Waals surface area contributed by atoms with Gasteiger partial charge < -0.3 is 15.0 Å². The normalized spacial score (nSPS) is 19.5. The lowest BCUT2D eigenvalue weighted by Gasteiger charge is -2.35. The number of amides is 1. The quantitative estimate of drug-likeness (QED) is 0.886.